The van der Waals surface area contributed by atoms with Crippen LogP contribution in [0.2, 0.25) is 0 Å². The summed E-state index contributed by atoms with van der Waals surface area (Å²) in [5.74, 6) is -11.7. The molecule has 2 fully saturated rings. The number of carbonyl (C=O) groups excluding carboxylic acids is 1. The van der Waals surface area contributed by atoms with E-state index in [1.807, 2.05) is 5.32 Å². The van der Waals surface area contributed by atoms with Crippen molar-refractivity contribution in [2.24, 2.45) is 5.92 Å². The van der Waals surface area contributed by atoms with Gasteiger partial charge in [0.05, 0.1) is 5.92 Å². The molecular formula is C13H11F5N2O. The first kappa shape index (κ1) is 14.2. The Morgan fingerprint density at radius 2 is 1.52 bits per heavy atom. The summed E-state index contributed by atoms with van der Waals surface area (Å²) in [5, 5.41) is 4.99. The first-order valence-electron chi connectivity index (χ1n) is 6.48. The first-order valence-corrected chi connectivity index (χ1v) is 6.48. The minimum atomic E-state index is -2.25. The van der Waals surface area contributed by atoms with E-state index >= 15 is 0 Å². The number of fused-ring (bicyclic) bond motifs is 2. The molecule has 3 rings (SSSR count). The zero-order valence-corrected chi connectivity index (χ0v) is 10.7. The van der Waals surface area contributed by atoms with Crippen molar-refractivity contribution in [2.45, 2.75) is 31.3 Å². The summed E-state index contributed by atoms with van der Waals surface area (Å²) in [7, 11) is 0. The first-order chi connectivity index (χ1) is 9.90. The molecule has 8 heteroatoms. The van der Waals surface area contributed by atoms with Gasteiger partial charge in [-0.25, -0.2) is 22.0 Å². The fourth-order valence-electron chi connectivity index (χ4n) is 3.04. The molecule has 0 aliphatic carbocycles. The molecule has 2 aliphatic heterocycles. The van der Waals surface area contributed by atoms with Gasteiger partial charge in [0.2, 0.25) is 11.7 Å². The van der Waals surface area contributed by atoms with Gasteiger partial charge in [0, 0.05) is 12.1 Å². The summed E-state index contributed by atoms with van der Waals surface area (Å²) in [6.45, 7) is 0. The Bertz CT molecular complexity index is 592. The second-order valence-corrected chi connectivity index (χ2v) is 5.32. The van der Waals surface area contributed by atoms with Crippen LogP contribution < -0.4 is 10.6 Å². The summed E-state index contributed by atoms with van der Waals surface area (Å²) in [4.78, 5) is 12.0. The predicted molar refractivity (Wildman–Crippen MR) is 62.9 cm³/mol. The Morgan fingerprint density at radius 3 is 2.00 bits per heavy atom. The highest BCUT2D eigenvalue weighted by Crippen LogP contribution is 2.35. The smallest absolute Gasteiger partial charge is 0.229 e. The number of hydrogen-bond acceptors (Lipinski definition) is 2. The largest absolute Gasteiger partial charge is 0.321 e. The van der Waals surface area contributed by atoms with Crippen molar-refractivity contribution in [3.63, 3.8) is 0 Å². The van der Waals surface area contributed by atoms with E-state index in [0.717, 1.165) is 12.8 Å². The third-order valence-corrected chi connectivity index (χ3v) is 4.09. The number of benzene rings is 1. The number of anilines is 1. The van der Waals surface area contributed by atoms with Crippen LogP contribution in [0.3, 0.4) is 0 Å². The van der Waals surface area contributed by atoms with Gasteiger partial charge in [0.1, 0.15) is 5.69 Å². The number of amides is 1. The summed E-state index contributed by atoms with van der Waals surface area (Å²) < 4.78 is 66.0. The van der Waals surface area contributed by atoms with E-state index in [4.69, 9.17) is 0 Å². The molecule has 2 bridgehead atoms. The fourth-order valence-corrected chi connectivity index (χ4v) is 3.04. The molecule has 0 radical (unpaired) electrons. The van der Waals surface area contributed by atoms with Crippen molar-refractivity contribution >= 4 is 11.6 Å². The van der Waals surface area contributed by atoms with Crippen LogP contribution in [0.5, 0.6) is 0 Å². The molecule has 1 aromatic carbocycles. The quantitative estimate of drug-likeness (QED) is 0.501. The molecule has 0 aromatic heterocycles. The van der Waals surface area contributed by atoms with Crippen LogP contribution in [-0.2, 0) is 4.79 Å². The van der Waals surface area contributed by atoms with Gasteiger partial charge < -0.3 is 10.6 Å². The van der Waals surface area contributed by atoms with E-state index in [-0.39, 0.29) is 12.1 Å². The van der Waals surface area contributed by atoms with Crippen LogP contribution in [0, 0.1) is 35.0 Å². The highest BCUT2D eigenvalue weighted by atomic mass is 19.2. The molecule has 114 valence electrons. The third kappa shape index (κ3) is 2.17. The average molecular weight is 306 g/mol. The standard InChI is InChI=1S/C13H11F5N2O/c14-7-8(15)10(17)12(11(18)9(7)16)20-13(21)5-3-4-1-2-6(5)19-4/h4-6,19H,1-3H2,(H,20,21). The second kappa shape index (κ2) is 4.94. The van der Waals surface area contributed by atoms with Crippen molar-refractivity contribution in [3.05, 3.63) is 29.1 Å². The van der Waals surface area contributed by atoms with Gasteiger partial charge in [-0.15, -0.1) is 0 Å². The lowest BCUT2D eigenvalue weighted by atomic mass is 9.88. The molecule has 3 nitrogen and oxygen atoms in total. The van der Waals surface area contributed by atoms with Gasteiger partial charge in [-0.05, 0) is 19.3 Å². The molecule has 1 amide bonds. The number of halogens is 5. The lowest BCUT2D eigenvalue weighted by molar-refractivity contribution is -0.120. The van der Waals surface area contributed by atoms with Crippen LogP contribution in [-0.4, -0.2) is 18.0 Å². The predicted octanol–water partition coefficient (Wildman–Crippen LogP) is 2.46. The molecule has 3 unspecified atom stereocenters. The van der Waals surface area contributed by atoms with Gasteiger partial charge in [-0.2, -0.15) is 0 Å². The fraction of sp³-hybridized carbons (Fsp3) is 0.462. The summed E-state index contributed by atoms with van der Waals surface area (Å²) >= 11 is 0. The minimum Gasteiger partial charge on any atom is -0.321 e. The molecule has 2 N–H and O–H groups in total. The Balaban J connectivity index is 1.87. The van der Waals surface area contributed by atoms with Gasteiger partial charge in [0.25, 0.3) is 0 Å². The number of nitrogens with one attached hydrogen (secondary N) is 2. The van der Waals surface area contributed by atoms with Crippen molar-refractivity contribution in [2.75, 3.05) is 5.32 Å². The lowest BCUT2D eigenvalue weighted by Crippen LogP contribution is -2.33. The highest BCUT2D eigenvalue weighted by Gasteiger charge is 2.43. The SMILES string of the molecule is O=C(Nc1c(F)c(F)c(F)c(F)c1F)C1CC2CCC1N2. The molecule has 2 saturated heterocycles. The van der Waals surface area contributed by atoms with Crippen LogP contribution in [0.1, 0.15) is 19.3 Å². The molecule has 1 aromatic rings. The molecule has 2 heterocycles. The Morgan fingerprint density at radius 1 is 0.952 bits per heavy atom. The Hall–Kier alpha value is -1.70. The molecule has 0 spiro atoms. The minimum absolute atomic E-state index is 0.115. The Kier molecular flexibility index (Phi) is 3.35. The van der Waals surface area contributed by atoms with Gasteiger partial charge in [0.15, 0.2) is 23.3 Å². The normalized spacial score (nSPS) is 27.2. The van der Waals surface area contributed by atoms with Gasteiger partial charge in [-0.3, -0.25) is 4.79 Å². The molecular weight excluding hydrogens is 295 g/mol. The highest BCUT2D eigenvalue weighted by molar-refractivity contribution is 5.93. The maximum atomic E-state index is 13.5. The molecule has 21 heavy (non-hydrogen) atoms. The van der Waals surface area contributed by atoms with Gasteiger partial charge >= 0.3 is 0 Å². The number of rotatable bonds is 2. The van der Waals surface area contributed by atoms with Crippen molar-refractivity contribution in [1.29, 1.82) is 0 Å². The second-order valence-electron chi connectivity index (χ2n) is 5.32. The van der Waals surface area contributed by atoms with Crippen molar-refractivity contribution in [1.82, 2.24) is 5.32 Å². The summed E-state index contributed by atoms with van der Waals surface area (Å²) in [6.07, 6.45) is 2.16. The Labute approximate surface area is 116 Å². The van der Waals surface area contributed by atoms with Crippen molar-refractivity contribution < 1.29 is 26.7 Å². The van der Waals surface area contributed by atoms with Crippen LogP contribution >= 0.6 is 0 Å². The van der Waals surface area contributed by atoms with E-state index in [1.165, 1.54) is 0 Å². The van der Waals surface area contributed by atoms with Crippen LogP contribution in [0.4, 0.5) is 27.6 Å². The zero-order chi connectivity index (χ0) is 15.3. The summed E-state index contributed by atoms with van der Waals surface area (Å²) in [6, 6.07) is 0.0541. The van der Waals surface area contributed by atoms with Crippen LogP contribution in [0.25, 0.3) is 0 Å². The maximum Gasteiger partial charge on any atom is 0.229 e. The molecule has 2 aliphatic rings. The number of hydrogen-bond donors (Lipinski definition) is 2. The third-order valence-electron chi connectivity index (χ3n) is 4.09. The zero-order valence-electron chi connectivity index (χ0n) is 10.7. The van der Waals surface area contributed by atoms with E-state index in [2.05, 4.69) is 5.32 Å². The van der Waals surface area contributed by atoms with E-state index in [9.17, 15) is 26.7 Å². The lowest BCUT2D eigenvalue weighted by Gasteiger charge is -2.20. The topological polar surface area (TPSA) is 41.1 Å². The van der Waals surface area contributed by atoms with Crippen LogP contribution in [0.15, 0.2) is 0 Å². The summed E-state index contributed by atoms with van der Waals surface area (Å²) in [5.41, 5.74) is -1.29. The van der Waals surface area contributed by atoms with E-state index in [0.29, 0.717) is 6.42 Å². The van der Waals surface area contributed by atoms with E-state index < -0.39 is 46.6 Å². The molecule has 3 atom stereocenters. The average Bonchev–Trinajstić information content (AvgIpc) is 3.10. The number of carbonyl (C=O) groups is 1. The van der Waals surface area contributed by atoms with Gasteiger partial charge in [-0.1, -0.05) is 0 Å². The van der Waals surface area contributed by atoms with Crippen molar-refractivity contribution in [3.8, 4) is 0 Å². The monoisotopic (exact) mass is 306 g/mol. The van der Waals surface area contributed by atoms with E-state index in [1.54, 1.807) is 0 Å². The molecule has 0 saturated carbocycles. The maximum absolute atomic E-state index is 13.5.